The molecule has 0 saturated carbocycles. The van der Waals surface area contributed by atoms with E-state index in [9.17, 15) is 4.79 Å². The van der Waals surface area contributed by atoms with Crippen molar-refractivity contribution in [1.29, 1.82) is 0 Å². The SMILES string of the molecule is CCOC(=O)C1COC=N1. The predicted octanol–water partition coefficient (Wildman–Crippen LogP) is -0.0234. The Morgan fingerprint density at radius 3 is 3.30 bits per heavy atom. The van der Waals surface area contributed by atoms with Gasteiger partial charge < -0.3 is 9.47 Å². The van der Waals surface area contributed by atoms with Crippen molar-refractivity contribution in [3.8, 4) is 0 Å². The molecule has 10 heavy (non-hydrogen) atoms. The van der Waals surface area contributed by atoms with Crippen LogP contribution >= 0.6 is 0 Å². The summed E-state index contributed by atoms with van der Waals surface area (Å²) in [6, 6.07) is -0.431. The molecule has 0 bridgehead atoms. The Balaban J connectivity index is 2.33. The van der Waals surface area contributed by atoms with Crippen LogP contribution in [0.4, 0.5) is 0 Å². The van der Waals surface area contributed by atoms with Crippen LogP contribution in [-0.2, 0) is 14.3 Å². The molecule has 0 fully saturated rings. The number of carbonyl (C=O) groups is 1. The van der Waals surface area contributed by atoms with Crippen molar-refractivity contribution in [1.82, 2.24) is 0 Å². The topological polar surface area (TPSA) is 47.9 Å². The van der Waals surface area contributed by atoms with Crippen molar-refractivity contribution in [2.24, 2.45) is 4.99 Å². The number of carbonyl (C=O) groups excluding carboxylic acids is 1. The Morgan fingerprint density at radius 1 is 2.00 bits per heavy atom. The third-order valence-corrected chi connectivity index (χ3v) is 1.13. The Bertz CT molecular complexity index is 155. The van der Waals surface area contributed by atoms with Crippen LogP contribution in [-0.4, -0.2) is 31.6 Å². The molecule has 1 aliphatic heterocycles. The Kier molecular flexibility index (Phi) is 2.25. The number of esters is 1. The van der Waals surface area contributed by atoms with Gasteiger partial charge in [0.05, 0.1) is 6.61 Å². The van der Waals surface area contributed by atoms with Crippen LogP contribution < -0.4 is 0 Å². The first-order valence-electron chi connectivity index (χ1n) is 3.14. The normalized spacial score (nSPS) is 22.3. The molecule has 0 radical (unpaired) electrons. The van der Waals surface area contributed by atoms with E-state index in [1.165, 1.54) is 6.40 Å². The van der Waals surface area contributed by atoms with Crippen LogP contribution in [0, 0.1) is 0 Å². The minimum absolute atomic E-state index is 0.309. The molecule has 4 heteroatoms. The van der Waals surface area contributed by atoms with Gasteiger partial charge in [-0.05, 0) is 6.92 Å². The number of rotatable bonds is 2. The molecule has 0 saturated heterocycles. The van der Waals surface area contributed by atoms with Crippen molar-refractivity contribution < 1.29 is 14.3 Å². The molecule has 1 atom stereocenters. The highest BCUT2D eigenvalue weighted by atomic mass is 16.5. The van der Waals surface area contributed by atoms with Crippen LogP contribution in [0.25, 0.3) is 0 Å². The maximum Gasteiger partial charge on any atom is 0.334 e. The standard InChI is InChI=1S/C6H9NO3/c1-2-10-6(8)5-3-9-4-7-5/h4-5H,2-3H2,1H3. The van der Waals surface area contributed by atoms with Crippen molar-refractivity contribution in [2.45, 2.75) is 13.0 Å². The van der Waals surface area contributed by atoms with E-state index in [4.69, 9.17) is 9.47 Å². The van der Waals surface area contributed by atoms with E-state index >= 15 is 0 Å². The fourth-order valence-corrected chi connectivity index (χ4v) is 0.661. The molecule has 0 aromatic carbocycles. The molecule has 1 aliphatic rings. The van der Waals surface area contributed by atoms with Gasteiger partial charge in [0.25, 0.3) is 0 Å². The zero-order chi connectivity index (χ0) is 7.40. The summed E-state index contributed by atoms with van der Waals surface area (Å²) in [4.78, 5) is 14.6. The Hall–Kier alpha value is -1.06. The van der Waals surface area contributed by atoms with E-state index in [0.717, 1.165) is 0 Å². The Labute approximate surface area is 58.8 Å². The molecular formula is C6H9NO3. The van der Waals surface area contributed by atoms with Gasteiger partial charge in [-0.25, -0.2) is 9.79 Å². The highest BCUT2D eigenvalue weighted by molar-refractivity contribution is 5.78. The summed E-state index contributed by atoms with van der Waals surface area (Å²) in [6.07, 6.45) is 1.28. The van der Waals surface area contributed by atoms with Crippen molar-refractivity contribution in [3.05, 3.63) is 0 Å². The van der Waals surface area contributed by atoms with Crippen molar-refractivity contribution in [2.75, 3.05) is 13.2 Å². The highest BCUT2D eigenvalue weighted by Crippen LogP contribution is 2.00. The lowest BCUT2D eigenvalue weighted by atomic mass is 10.3. The van der Waals surface area contributed by atoms with Crippen LogP contribution in [0.15, 0.2) is 4.99 Å². The van der Waals surface area contributed by atoms with E-state index in [1.54, 1.807) is 6.92 Å². The molecule has 1 rings (SSSR count). The molecule has 0 aliphatic carbocycles. The molecule has 1 unspecified atom stereocenters. The number of hydrogen-bond acceptors (Lipinski definition) is 4. The molecule has 0 aromatic heterocycles. The first-order valence-corrected chi connectivity index (χ1v) is 3.14. The van der Waals surface area contributed by atoms with Gasteiger partial charge in [0, 0.05) is 0 Å². The minimum Gasteiger partial charge on any atom is -0.481 e. The average molecular weight is 143 g/mol. The van der Waals surface area contributed by atoms with Gasteiger partial charge in [-0.15, -0.1) is 0 Å². The molecule has 0 spiro atoms. The quantitative estimate of drug-likeness (QED) is 0.510. The second-order valence-electron chi connectivity index (χ2n) is 1.86. The maximum absolute atomic E-state index is 10.8. The summed E-state index contributed by atoms with van der Waals surface area (Å²) < 4.78 is 9.43. The van der Waals surface area contributed by atoms with Gasteiger partial charge >= 0.3 is 5.97 Å². The van der Waals surface area contributed by atoms with E-state index in [1.807, 2.05) is 0 Å². The fourth-order valence-electron chi connectivity index (χ4n) is 0.661. The number of nitrogens with zero attached hydrogens (tertiary/aromatic N) is 1. The lowest BCUT2D eigenvalue weighted by Crippen LogP contribution is -2.22. The lowest BCUT2D eigenvalue weighted by molar-refractivity contribution is -0.144. The largest absolute Gasteiger partial charge is 0.481 e. The van der Waals surface area contributed by atoms with Crippen molar-refractivity contribution >= 4 is 12.4 Å². The van der Waals surface area contributed by atoms with E-state index in [2.05, 4.69) is 4.99 Å². The average Bonchev–Trinajstić information content (AvgIpc) is 2.38. The van der Waals surface area contributed by atoms with Gasteiger partial charge in [0.1, 0.15) is 6.61 Å². The van der Waals surface area contributed by atoms with Crippen LogP contribution in [0.5, 0.6) is 0 Å². The number of hydrogen-bond donors (Lipinski definition) is 0. The molecular weight excluding hydrogens is 134 g/mol. The van der Waals surface area contributed by atoms with Crippen molar-refractivity contribution in [3.63, 3.8) is 0 Å². The molecule has 56 valence electrons. The molecule has 0 amide bonds. The monoisotopic (exact) mass is 143 g/mol. The smallest absolute Gasteiger partial charge is 0.334 e. The highest BCUT2D eigenvalue weighted by Gasteiger charge is 2.21. The predicted molar refractivity (Wildman–Crippen MR) is 34.9 cm³/mol. The first kappa shape index (κ1) is 7.05. The lowest BCUT2D eigenvalue weighted by Gasteiger charge is -2.02. The van der Waals surface area contributed by atoms with E-state index < -0.39 is 6.04 Å². The second-order valence-corrected chi connectivity index (χ2v) is 1.86. The van der Waals surface area contributed by atoms with E-state index in [-0.39, 0.29) is 5.97 Å². The molecule has 1 heterocycles. The summed E-state index contributed by atoms with van der Waals surface area (Å²) in [7, 11) is 0. The third-order valence-electron chi connectivity index (χ3n) is 1.13. The van der Waals surface area contributed by atoms with Gasteiger partial charge in [-0.1, -0.05) is 0 Å². The zero-order valence-corrected chi connectivity index (χ0v) is 5.74. The minimum atomic E-state index is -0.431. The van der Waals surface area contributed by atoms with Gasteiger partial charge in [-0.2, -0.15) is 0 Å². The number of aliphatic imine (C=N–C) groups is 1. The summed E-state index contributed by atoms with van der Waals surface area (Å²) in [5, 5.41) is 0. The zero-order valence-electron chi connectivity index (χ0n) is 5.74. The van der Waals surface area contributed by atoms with Gasteiger partial charge in [-0.3, -0.25) is 0 Å². The summed E-state index contributed by atoms with van der Waals surface area (Å²) in [5.74, 6) is -0.309. The van der Waals surface area contributed by atoms with Crippen LogP contribution in [0.2, 0.25) is 0 Å². The van der Waals surface area contributed by atoms with Crippen LogP contribution in [0.1, 0.15) is 6.92 Å². The Morgan fingerprint density at radius 2 is 2.80 bits per heavy atom. The maximum atomic E-state index is 10.8. The van der Waals surface area contributed by atoms with Crippen LogP contribution in [0.3, 0.4) is 0 Å². The molecule has 0 N–H and O–H groups in total. The summed E-state index contributed by atoms with van der Waals surface area (Å²) in [6.45, 7) is 2.47. The molecule has 0 aromatic rings. The fraction of sp³-hybridized carbons (Fsp3) is 0.667. The summed E-state index contributed by atoms with van der Waals surface area (Å²) in [5.41, 5.74) is 0. The second kappa shape index (κ2) is 3.20. The summed E-state index contributed by atoms with van der Waals surface area (Å²) >= 11 is 0. The van der Waals surface area contributed by atoms with Gasteiger partial charge in [0.15, 0.2) is 12.4 Å². The van der Waals surface area contributed by atoms with E-state index in [0.29, 0.717) is 13.2 Å². The number of ether oxygens (including phenoxy) is 2. The first-order chi connectivity index (χ1) is 4.84. The molecule has 4 nitrogen and oxygen atoms in total. The third kappa shape index (κ3) is 1.46. The van der Waals surface area contributed by atoms with Gasteiger partial charge in [0.2, 0.25) is 0 Å².